The molecule has 1 aromatic rings. The summed E-state index contributed by atoms with van der Waals surface area (Å²) in [6, 6.07) is 8.65. The fraction of sp³-hybridized carbons (Fsp3) is 0.650. The highest BCUT2D eigenvalue weighted by Crippen LogP contribution is 2.24. The molecule has 1 aliphatic heterocycles. The van der Waals surface area contributed by atoms with Crippen LogP contribution < -0.4 is 15.5 Å². The molecule has 1 unspecified atom stereocenters. The molecule has 6 nitrogen and oxygen atoms in total. The van der Waals surface area contributed by atoms with E-state index in [1.807, 2.05) is 0 Å². The molecule has 1 saturated heterocycles. The lowest BCUT2D eigenvalue weighted by molar-refractivity contribution is 0.558. The van der Waals surface area contributed by atoms with Crippen LogP contribution in [0, 0.1) is 0 Å². The van der Waals surface area contributed by atoms with Gasteiger partial charge in [0.05, 0.1) is 16.5 Å². The van der Waals surface area contributed by atoms with E-state index in [1.54, 1.807) is 27.8 Å². The van der Waals surface area contributed by atoms with Crippen molar-refractivity contribution in [2.24, 2.45) is 4.99 Å². The summed E-state index contributed by atoms with van der Waals surface area (Å²) in [6.07, 6.45) is 2.51. The Hall–Kier alpha value is -1.03. The van der Waals surface area contributed by atoms with Crippen molar-refractivity contribution in [2.75, 3.05) is 37.3 Å². The van der Waals surface area contributed by atoms with Crippen LogP contribution in [0.4, 0.5) is 5.69 Å². The first-order valence-corrected chi connectivity index (χ1v) is 11.3. The number of hydrogen-bond acceptors (Lipinski definition) is 4. The second-order valence-electron chi connectivity index (χ2n) is 8.09. The Bertz CT molecular complexity index is 754. The summed E-state index contributed by atoms with van der Waals surface area (Å²) < 4.78 is 23.7. The Morgan fingerprint density at radius 2 is 1.89 bits per heavy atom. The number of halogens is 1. The zero-order chi connectivity index (χ0) is 20.1. The normalized spacial score (nSPS) is 16.5. The van der Waals surface area contributed by atoms with E-state index in [-0.39, 0.29) is 35.8 Å². The average molecular weight is 522 g/mol. The van der Waals surface area contributed by atoms with Gasteiger partial charge in [0.25, 0.3) is 0 Å². The van der Waals surface area contributed by atoms with Crippen LogP contribution in [-0.4, -0.2) is 51.6 Å². The number of nitrogens with zero attached hydrogens (tertiary/aromatic N) is 2. The number of aliphatic imine (C=N–C) groups is 1. The lowest BCUT2D eigenvalue weighted by Crippen LogP contribution is -2.42. The third-order valence-electron chi connectivity index (χ3n) is 5.01. The molecule has 0 amide bonds. The first-order chi connectivity index (χ1) is 12.6. The number of nitrogens with one attached hydrogen (secondary N) is 2. The van der Waals surface area contributed by atoms with Gasteiger partial charge in [-0.3, -0.25) is 4.99 Å². The van der Waals surface area contributed by atoms with Crippen LogP contribution in [0.15, 0.2) is 29.3 Å². The topological polar surface area (TPSA) is 73.8 Å². The minimum Gasteiger partial charge on any atom is -0.372 e. The number of anilines is 1. The van der Waals surface area contributed by atoms with E-state index in [2.05, 4.69) is 51.7 Å². The fourth-order valence-electron chi connectivity index (χ4n) is 3.06. The molecule has 28 heavy (non-hydrogen) atoms. The van der Waals surface area contributed by atoms with Gasteiger partial charge in [0.15, 0.2) is 15.8 Å². The highest BCUT2D eigenvalue weighted by atomic mass is 127. The molecule has 0 bridgehead atoms. The maximum absolute atomic E-state index is 12.2. The third kappa shape index (κ3) is 6.79. The van der Waals surface area contributed by atoms with Gasteiger partial charge in [-0.15, -0.1) is 24.0 Å². The third-order valence-corrected chi connectivity index (χ3v) is 7.62. The predicted molar refractivity (Wildman–Crippen MR) is 130 cm³/mol. The molecule has 1 aliphatic rings. The summed E-state index contributed by atoms with van der Waals surface area (Å²) in [4.78, 5) is 6.64. The lowest BCUT2D eigenvalue weighted by atomic mass is 10.1. The van der Waals surface area contributed by atoms with Gasteiger partial charge < -0.3 is 15.5 Å². The van der Waals surface area contributed by atoms with Gasteiger partial charge in [-0.2, -0.15) is 0 Å². The van der Waals surface area contributed by atoms with Crippen molar-refractivity contribution in [3.8, 4) is 0 Å². The molecule has 1 fully saturated rings. The van der Waals surface area contributed by atoms with Gasteiger partial charge >= 0.3 is 0 Å². The number of hydrogen-bond donors (Lipinski definition) is 2. The lowest BCUT2D eigenvalue weighted by Gasteiger charge is -2.23. The van der Waals surface area contributed by atoms with E-state index < -0.39 is 14.6 Å². The predicted octanol–water partition coefficient (Wildman–Crippen LogP) is 3.34. The Morgan fingerprint density at radius 3 is 2.46 bits per heavy atom. The van der Waals surface area contributed by atoms with E-state index in [4.69, 9.17) is 0 Å². The Kier molecular flexibility index (Phi) is 9.52. The average Bonchev–Trinajstić information content (AvgIpc) is 3.14. The van der Waals surface area contributed by atoms with E-state index in [0.717, 1.165) is 13.1 Å². The monoisotopic (exact) mass is 522 g/mol. The maximum Gasteiger partial charge on any atom is 0.191 e. The van der Waals surface area contributed by atoms with Crippen molar-refractivity contribution in [2.45, 2.75) is 51.3 Å². The van der Waals surface area contributed by atoms with E-state index in [1.165, 1.54) is 24.1 Å². The second-order valence-corrected chi connectivity index (χ2v) is 10.9. The molecule has 1 heterocycles. The molecule has 8 heteroatoms. The summed E-state index contributed by atoms with van der Waals surface area (Å²) in [6.45, 7) is 9.84. The second kappa shape index (κ2) is 10.7. The van der Waals surface area contributed by atoms with Crippen molar-refractivity contribution in [1.29, 1.82) is 0 Å². The first-order valence-electron chi connectivity index (χ1n) is 9.68. The molecule has 2 N–H and O–H groups in total. The molecular weight excluding hydrogens is 487 g/mol. The van der Waals surface area contributed by atoms with Crippen LogP contribution in [0.1, 0.15) is 52.1 Å². The molecule has 2 rings (SSSR count). The zero-order valence-corrected chi connectivity index (χ0v) is 20.8. The van der Waals surface area contributed by atoms with Crippen molar-refractivity contribution in [3.63, 3.8) is 0 Å². The summed E-state index contributed by atoms with van der Waals surface area (Å²) in [5.74, 6) is 0.689. The highest BCUT2D eigenvalue weighted by molar-refractivity contribution is 14.0. The van der Waals surface area contributed by atoms with Gasteiger partial charge in [0, 0.05) is 32.4 Å². The van der Waals surface area contributed by atoms with Crippen LogP contribution in [0.2, 0.25) is 0 Å². The highest BCUT2D eigenvalue weighted by Gasteiger charge is 2.28. The molecule has 0 radical (unpaired) electrons. The van der Waals surface area contributed by atoms with Crippen molar-refractivity contribution < 1.29 is 8.42 Å². The minimum atomic E-state index is -3.15. The van der Waals surface area contributed by atoms with E-state index in [0.29, 0.717) is 12.5 Å². The molecule has 0 spiro atoms. The van der Waals surface area contributed by atoms with Gasteiger partial charge in [-0.25, -0.2) is 8.42 Å². The van der Waals surface area contributed by atoms with Crippen LogP contribution in [0.3, 0.4) is 0 Å². The number of rotatable bonds is 6. The quantitative estimate of drug-likeness (QED) is 0.341. The molecule has 0 aliphatic carbocycles. The van der Waals surface area contributed by atoms with E-state index in [9.17, 15) is 8.42 Å². The van der Waals surface area contributed by atoms with Crippen molar-refractivity contribution in [3.05, 3.63) is 29.8 Å². The van der Waals surface area contributed by atoms with Crippen molar-refractivity contribution in [1.82, 2.24) is 10.6 Å². The summed E-state index contributed by atoms with van der Waals surface area (Å²) in [5, 5.41) is 6.47. The smallest absolute Gasteiger partial charge is 0.191 e. The zero-order valence-electron chi connectivity index (χ0n) is 17.7. The molecule has 0 saturated carbocycles. The van der Waals surface area contributed by atoms with Gasteiger partial charge in [-0.05, 0) is 58.2 Å². The minimum absolute atomic E-state index is 0. The Balaban J connectivity index is 0.00000392. The standard InChI is InChI=1S/C20H34N4O2S.HI/c1-16(17-9-8-10-18(15-17)24-12-6-7-13-24)23-19(21-5)22-11-14-27(25,26)20(2,3)4;/h8-10,15-16H,6-7,11-14H2,1-5H3,(H2,21,22,23);1H. The largest absolute Gasteiger partial charge is 0.372 e. The number of guanidine groups is 1. The maximum atomic E-state index is 12.2. The number of sulfone groups is 1. The van der Waals surface area contributed by atoms with Gasteiger partial charge in [0.2, 0.25) is 0 Å². The Morgan fingerprint density at radius 1 is 1.25 bits per heavy atom. The summed E-state index contributed by atoms with van der Waals surface area (Å²) >= 11 is 0. The van der Waals surface area contributed by atoms with Crippen LogP contribution in [0.5, 0.6) is 0 Å². The molecule has 0 aromatic heterocycles. The Labute approximate surface area is 187 Å². The molecule has 1 atom stereocenters. The first kappa shape index (κ1) is 25.0. The van der Waals surface area contributed by atoms with Gasteiger partial charge in [0.1, 0.15) is 0 Å². The number of benzene rings is 1. The molecule has 160 valence electrons. The molecular formula is C20H35IN4O2S. The van der Waals surface area contributed by atoms with E-state index >= 15 is 0 Å². The van der Waals surface area contributed by atoms with Crippen LogP contribution >= 0.6 is 24.0 Å². The van der Waals surface area contributed by atoms with Crippen molar-refractivity contribution >= 4 is 45.5 Å². The van der Waals surface area contributed by atoms with Gasteiger partial charge in [-0.1, -0.05) is 12.1 Å². The molecule has 1 aromatic carbocycles. The van der Waals surface area contributed by atoms with Crippen LogP contribution in [0.25, 0.3) is 0 Å². The fourth-order valence-corrected chi connectivity index (χ4v) is 4.04. The van der Waals surface area contributed by atoms with Crippen LogP contribution in [-0.2, 0) is 9.84 Å². The summed E-state index contributed by atoms with van der Waals surface area (Å²) in [5.41, 5.74) is 2.45. The SMILES string of the molecule is CN=C(NCCS(=O)(=O)C(C)(C)C)NC(C)c1cccc(N2CCCC2)c1.I. The summed E-state index contributed by atoms with van der Waals surface area (Å²) in [7, 11) is -1.45.